The van der Waals surface area contributed by atoms with Gasteiger partial charge in [0.2, 0.25) is 0 Å². The Bertz CT molecular complexity index is 141. The molecule has 0 aliphatic carbocycles. The van der Waals surface area contributed by atoms with Gasteiger partial charge in [0.1, 0.15) is 6.10 Å². The van der Waals surface area contributed by atoms with Crippen LogP contribution in [0, 0.1) is 17.3 Å². The molecule has 0 amide bonds. The lowest BCUT2D eigenvalue weighted by Crippen LogP contribution is -2.40. The first-order chi connectivity index (χ1) is 5.87. The van der Waals surface area contributed by atoms with Gasteiger partial charge in [-0.2, -0.15) is 0 Å². The van der Waals surface area contributed by atoms with Crippen LogP contribution in [0.15, 0.2) is 0 Å². The summed E-state index contributed by atoms with van der Waals surface area (Å²) in [6.45, 7) is 12.8. The molecule has 0 saturated carbocycles. The van der Waals surface area contributed by atoms with Crippen molar-refractivity contribution in [1.29, 1.82) is 0 Å². The van der Waals surface area contributed by atoms with Crippen molar-refractivity contribution in [3.63, 3.8) is 0 Å². The summed E-state index contributed by atoms with van der Waals surface area (Å²) >= 11 is 0. The van der Waals surface area contributed by atoms with E-state index >= 15 is 0 Å². The molecule has 0 fully saturated rings. The molecule has 0 aliphatic rings. The maximum Gasteiger partial charge on any atom is 0.101 e. The fourth-order valence-corrected chi connectivity index (χ4v) is 1.52. The summed E-state index contributed by atoms with van der Waals surface area (Å²) in [6, 6.07) is 0. The minimum Gasteiger partial charge on any atom is -0.252 e. The molecule has 0 saturated heterocycles. The third kappa shape index (κ3) is 2.96. The van der Waals surface area contributed by atoms with Crippen molar-refractivity contribution in [3.05, 3.63) is 0 Å². The molecule has 80 valence electrons. The monoisotopic (exact) mass is 188 g/mol. The Morgan fingerprint density at radius 1 is 1.23 bits per heavy atom. The summed E-state index contributed by atoms with van der Waals surface area (Å²) in [5, 5.41) is 8.91. The standard InChI is InChI=1S/C11H24O2/c1-7-9(4)10(13-12)11(5,6)8(2)3/h8-10,12H,7H2,1-6H3. The van der Waals surface area contributed by atoms with Crippen molar-refractivity contribution >= 4 is 0 Å². The maximum atomic E-state index is 8.91. The van der Waals surface area contributed by atoms with Gasteiger partial charge in [0.05, 0.1) is 0 Å². The molecule has 0 aromatic carbocycles. The summed E-state index contributed by atoms with van der Waals surface area (Å²) in [7, 11) is 0. The molecule has 2 atom stereocenters. The van der Waals surface area contributed by atoms with E-state index in [1.54, 1.807) is 0 Å². The first-order valence-electron chi connectivity index (χ1n) is 5.18. The van der Waals surface area contributed by atoms with Gasteiger partial charge >= 0.3 is 0 Å². The highest BCUT2D eigenvalue weighted by atomic mass is 17.1. The molecule has 2 heteroatoms. The molecule has 0 aromatic heterocycles. The van der Waals surface area contributed by atoms with Crippen molar-refractivity contribution in [2.45, 2.75) is 54.1 Å². The summed E-state index contributed by atoms with van der Waals surface area (Å²) in [5.74, 6) is 0.890. The Morgan fingerprint density at radius 2 is 1.69 bits per heavy atom. The molecule has 0 heterocycles. The molecule has 2 nitrogen and oxygen atoms in total. The average molecular weight is 188 g/mol. The van der Waals surface area contributed by atoms with Crippen LogP contribution in [-0.2, 0) is 4.89 Å². The van der Waals surface area contributed by atoms with Crippen LogP contribution in [0.25, 0.3) is 0 Å². The molecule has 2 unspecified atom stereocenters. The van der Waals surface area contributed by atoms with E-state index in [2.05, 4.69) is 46.4 Å². The van der Waals surface area contributed by atoms with Crippen LogP contribution >= 0.6 is 0 Å². The lowest BCUT2D eigenvalue weighted by molar-refractivity contribution is -0.317. The first-order valence-corrected chi connectivity index (χ1v) is 5.18. The highest BCUT2D eigenvalue weighted by Gasteiger charge is 2.36. The van der Waals surface area contributed by atoms with Gasteiger partial charge in [0.25, 0.3) is 0 Å². The van der Waals surface area contributed by atoms with Gasteiger partial charge in [0, 0.05) is 0 Å². The van der Waals surface area contributed by atoms with Gasteiger partial charge in [-0.05, 0) is 17.3 Å². The Morgan fingerprint density at radius 3 is 1.92 bits per heavy atom. The largest absolute Gasteiger partial charge is 0.252 e. The van der Waals surface area contributed by atoms with E-state index < -0.39 is 0 Å². The Hall–Kier alpha value is -0.0800. The molecule has 0 aliphatic heterocycles. The second kappa shape index (κ2) is 4.97. The quantitative estimate of drug-likeness (QED) is 0.528. The van der Waals surface area contributed by atoms with E-state index in [1.807, 2.05) is 0 Å². The molecular weight excluding hydrogens is 164 g/mol. The predicted molar refractivity (Wildman–Crippen MR) is 55.6 cm³/mol. The minimum absolute atomic E-state index is 0.0180. The second-order valence-corrected chi connectivity index (χ2v) is 4.89. The zero-order valence-electron chi connectivity index (χ0n) is 9.79. The van der Waals surface area contributed by atoms with Gasteiger partial charge in [-0.1, -0.05) is 48.0 Å². The molecule has 0 radical (unpaired) electrons. The Labute approximate surface area is 82.2 Å². The summed E-state index contributed by atoms with van der Waals surface area (Å²) < 4.78 is 0. The van der Waals surface area contributed by atoms with Crippen LogP contribution in [0.5, 0.6) is 0 Å². The van der Waals surface area contributed by atoms with Gasteiger partial charge in [-0.15, -0.1) is 0 Å². The number of rotatable bonds is 5. The van der Waals surface area contributed by atoms with Crippen LogP contribution in [0.3, 0.4) is 0 Å². The van der Waals surface area contributed by atoms with Crippen molar-refractivity contribution < 1.29 is 10.1 Å². The Balaban J connectivity index is 4.55. The number of hydrogen-bond donors (Lipinski definition) is 1. The summed E-state index contributed by atoms with van der Waals surface area (Å²) in [4.78, 5) is 4.63. The van der Waals surface area contributed by atoms with Crippen LogP contribution in [0.2, 0.25) is 0 Å². The van der Waals surface area contributed by atoms with Gasteiger partial charge in [-0.25, -0.2) is 4.89 Å². The number of hydrogen-bond acceptors (Lipinski definition) is 2. The van der Waals surface area contributed by atoms with Crippen molar-refractivity contribution in [2.24, 2.45) is 17.3 Å². The normalized spacial score (nSPS) is 17.5. The lowest BCUT2D eigenvalue weighted by atomic mass is 9.72. The van der Waals surface area contributed by atoms with Gasteiger partial charge in [-0.3, -0.25) is 5.26 Å². The van der Waals surface area contributed by atoms with Crippen molar-refractivity contribution in [3.8, 4) is 0 Å². The van der Waals surface area contributed by atoms with E-state index in [0.717, 1.165) is 6.42 Å². The highest BCUT2D eigenvalue weighted by Crippen LogP contribution is 2.36. The minimum atomic E-state index is -0.0718. The molecule has 0 bridgehead atoms. The van der Waals surface area contributed by atoms with E-state index in [0.29, 0.717) is 11.8 Å². The molecule has 0 aromatic rings. The van der Waals surface area contributed by atoms with E-state index in [9.17, 15) is 0 Å². The van der Waals surface area contributed by atoms with Crippen molar-refractivity contribution in [1.82, 2.24) is 0 Å². The molecular formula is C11H24O2. The molecule has 1 N–H and O–H groups in total. The predicted octanol–water partition coefficient (Wildman–Crippen LogP) is 3.57. The van der Waals surface area contributed by atoms with Crippen molar-refractivity contribution in [2.75, 3.05) is 0 Å². The lowest BCUT2D eigenvalue weighted by Gasteiger charge is -2.38. The second-order valence-electron chi connectivity index (χ2n) is 4.89. The van der Waals surface area contributed by atoms with Crippen LogP contribution < -0.4 is 0 Å². The SMILES string of the molecule is CCC(C)C(OO)C(C)(C)C(C)C. The topological polar surface area (TPSA) is 29.5 Å². The average Bonchev–Trinajstić information content (AvgIpc) is 2.04. The summed E-state index contributed by atoms with van der Waals surface area (Å²) in [5.41, 5.74) is 0.0180. The molecule has 0 spiro atoms. The van der Waals surface area contributed by atoms with Gasteiger partial charge in [0.15, 0.2) is 0 Å². The first kappa shape index (κ1) is 12.9. The molecule has 0 rings (SSSR count). The van der Waals surface area contributed by atoms with Gasteiger partial charge < -0.3 is 0 Å². The van der Waals surface area contributed by atoms with E-state index in [1.165, 1.54) is 0 Å². The van der Waals surface area contributed by atoms with E-state index in [4.69, 9.17) is 5.26 Å². The zero-order chi connectivity index (χ0) is 10.6. The zero-order valence-corrected chi connectivity index (χ0v) is 9.79. The van der Waals surface area contributed by atoms with Crippen LogP contribution in [0.4, 0.5) is 0 Å². The third-order valence-electron chi connectivity index (χ3n) is 3.50. The maximum absolute atomic E-state index is 8.91. The van der Waals surface area contributed by atoms with Crippen LogP contribution in [0.1, 0.15) is 48.0 Å². The Kier molecular flexibility index (Phi) is 4.93. The van der Waals surface area contributed by atoms with Crippen LogP contribution in [-0.4, -0.2) is 11.4 Å². The summed E-state index contributed by atoms with van der Waals surface area (Å²) in [6.07, 6.45) is 0.957. The fourth-order valence-electron chi connectivity index (χ4n) is 1.52. The highest BCUT2D eigenvalue weighted by molar-refractivity contribution is 4.84. The molecule has 13 heavy (non-hydrogen) atoms. The smallest absolute Gasteiger partial charge is 0.101 e. The fraction of sp³-hybridized carbons (Fsp3) is 1.00. The van der Waals surface area contributed by atoms with E-state index in [-0.39, 0.29) is 11.5 Å². The third-order valence-corrected chi connectivity index (χ3v) is 3.50.